The number of H-pyrrole nitrogens is 1. The number of aromatic amines is 1. The van der Waals surface area contributed by atoms with E-state index in [1.54, 1.807) is 6.92 Å². The summed E-state index contributed by atoms with van der Waals surface area (Å²) in [4.78, 5) is 16.7. The van der Waals surface area contributed by atoms with Gasteiger partial charge in [-0.2, -0.15) is 13.2 Å². The van der Waals surface area contributed by atoms with Crippen LogP contribution in [0.1, 0.15) is 12.5 Å². The first-order valence-electron chi connectivity index (χ1n) is 8.06. The molecule has 1 amide bonds. The number of benzene rings is 2. The van der Waals surface area contributed by atoms with E-state index in [-0.39, 0.29) is 5.69 Å². The molecule has 146 valence electrons. The topological polar surface area (TPSA) is 70.7 Å². The van der Waals surface area contributed by atoms with Gasteiger partial charge >= 0.3 is 6.18 Å². The lowest BCUT2D eigenvalue weighted by Crippen LogP contribution is -2.22. The van der Waals surface area contributed by atoms with Gasteiger partial charge in [-0.25, -0.2) is 4.98 Å². The molecule has 3 aromatic rings. The average Bonchev–Trinajstić information content (AvgIpc) is 3.09. The largest absolute Gasteiger partial charge is 0.416 e. The van der Waals surface area contributed by atoms with Crippen LogP contribution in [0.25, 0.3) is 11.4 Å². The van der Waals surface area contributed by atoms with E-state index in [0.29, 0.717) is 11.0 Å². The van der Waals surface area contributed by atoms with Crippen LogP contribution in [0.15, 0.2) is 58.2 Å². The van der Waals surface area contributed by atoms with Crippen LogP contribution in [0.2, 0.25) is 0 Å². The Hall–Kier alpha value is -2.33. The Morgan fingerprint density at radius 3 is 2.68 bits per heavy atom. The summed E-state index contributed by atoms with van der Waals surface area (Å²) < 4.78 is 39.2. The Morgan fingerprint density at radius 2 is 1.96 bits per heavy atom. The highest BCUT2D eigenvalue weighted by Gasteiger charge is 2.30. The molecule has 0 fully saturated rings. The highest BCUT2D eigenvalue weighted by molar-refractivity contribution is 9.10. The summed E-state index contributed by atoms with van der Waals surface area (Å²) in [6, 6.07) is 12.0. The molecule has 0 radical (unpaired) electrons. The van der Waals surface area contributed by atoms with Gasteiger partial charge in [0, 0.05) is 15.7 Å². The second kappa shape index (κ2) is 8.36. The van der Waals surface area contributed by atoms with E-state index in [9.17, 15) is 18.0 Å². The molecule has 1 aromatic heterocycles. The molecular weight excluding hydrogens is 457 g/mol. The zero-order chi connectivity index (χ0) is 20.3. The molecule has 0 spiro atoms. The summed E-state index contributed by atoms with van der Waals surface area (Å²) >= 11 is 4.53. The number of thioether (sulfide) groups is 1. The van der Waals surface area contributed by atoms with Gasteiger partial charge in [0.25, 0.3) is 0 Å². The van der Waals surface area contributed by atoms with Crippen LogP contribution < -0.4 is 5.32 Å². The standard InChI is InChI=1S/C18H14BrF3N4OS/c1-10(16(27)23-12-6-4-5-11(9-12)18(20,21)22)28-17-24-15(25-26-17)13-7-2-3-8-14(13)19/h2-10H,1H3,(H,23,27)(H,24,25,26). The van der Waals surface area contributed by atoms with Crippen molar-refractivity contribution in [2.24, 2.45) is 0 Å². The first kappa shape index (κ1) is 20.4. The molecule has 0 aliphatic carbocycles. The van der Waals surface area contributed by atoms with Crippen molar-refractivity contribution in [3.8, 4) is 11.4 Å². The Kier molecular flexibility index (Phi) is 6.09. The van der Waals surface area contributed by atoms with Gasteiger partial charge in [0.2, 0.25) is 11.1 Å². The fourth-order valence-electron chi connectivity index (χ4n) is 2.30. The normalized spacial score (nSPS) is 12.6. The number of hydrogen-bond acceptors (Lipinski definition) is 4. The third-order valence-electron chi connectivity index (χ3n) is 3.70. The lowest BCUT2D eigenvalue weighted by Gasteiger charge is -2.12. The lowest BCUT2D eigenvalue weighted by atomic mass is 10.2. The van der Waals surface area contributed by atoms with E-state index < -0.39 is 22.9 Å². The first-order valence-corrected chi connectivity index (χ1v) is 9.73. The molecule has 0 saturated carbocycles. The number of carbonyl (C=O) groups excluding carboxylic acids is 1. The van der Waals surface area contributed by atoms with Crippen LogP contribution in [-0.2, 0) is 11.0 Å². The Bertz CT molecular complexity index is 993. The average molecular weight is 471 g/mol. The summed E-state index contributed by atoms with van der Waals surface area (Å²) in [6.45, 7) is 1.63. The predicted molar refractivity (Wildman–Crippen MR) is 105 cm³/mol. The van der Waals surface area contributed by atoms with Gasteiger partial charge < -0.3 is 5.32 Å². The van der Waals surface area contributed by atoms with Crippen LogP contribution in [0, 0.1) is 0 Å². The van der Waals surface area contributed by atoms with E-state index in [4.69, 9.17) is 0 Å². The number of alkyl halides is 3. The van der Waals surface area contributed by atoms with Crippen molar-refractivity contribution in [1.29, 1.82) is 0 Å². The lowest BCUT2D eigenvalue weighted by molar-refractivity contribution is -0.137. The number of carbonyl (C=O) groups is 1. The van der Waals surface area contributed by atoms with E-state index in [1.807, 2.05) is 24.3 Å². The number of rotatable bonds is 5. The van der Waals surface area contributed by atoms with Gasteiger partial charge in [-0.15, -0.1) is 5.10 Å². The molecule has 28 heavy (non-hydrogen) atoms. The molecule has 0 aliphatic heterocycles. The highest BCUT2D eigenvalue weighted by Crippen LogP contribution is 2.31. The van der Waals surface area contributed by atoms with Gasteiger partial charge in [0.1, 0.15) is 0 Å². The number of anilines is 1. The van der Waals surface area contributed by atoms with Crippen molar-refractivity contribution in [1.82, 2.24) is 15.2 Å². The minimum atomic E-state index is -4.47. The molecular formula is C18H14BrF3N4OS. The summed E-state index contributed by atoms with van der Waals surface area (Å²) in [6.07, 6.45) is -4.47. The molecule has 0 saturated heterocycles. The number of halogens is 4. The van der Waals surface area contributed by atoms with Gasteiger partial charge in [-0.3, -0.25) is 9.89 Å². The minimum absolute atomic E-state index is 0.0798. The van der Waals surface area contributed by atoms with E-state index in [0.717, 1.165) is 33.9 Å². The zero-order valence-corrected chi connectivity index (χ0v) is 16.8. The van der Waals surface area contributed by atoms with Crippen molar-refractivity contribution in [3.05, 3.63) is 58.6 Å². The summed E-state index contributed by atoms with van der Waals surface area (Å²) in [5.41, 5.74) is 0.0803. The summed E-state index contributed by atoms with van der Waals surface area (Å²) in [5, 5.41) is 9.13. The molecule has 10 heteroatoms. The molecule has 1 heterocycles. The fraction of sp³-hybridized carbons (Fsp3) is 0.167. The van der Waals surface area contributed by atoms with Gasteiger partial charge in [-0.05, 0) is 31.2 Å². The highest BCUT2D eigenvalue weighted by atomic mass is 79.9. The smallest absolute Gasteiger partial charge is 0.325 e. The molecule has 1 atom stereocenters. The zero-order valence-electron chi connectivity index (χ0n) is 14.4. The Labute approximate surface area is 171 Å². The van der Waals surface area contributed by atoms with Crippen LogP contribution in [0.4, 0.5) is 18.9 Å². The second-order valence-electron chi connectivity index (χ2n) is 5.77. The van der Waals surface area contributed by atoms with Crippen molar-refractivity contribution in [2.75, 3.05) is 5.32 Å². The van der Waals surface area contributed by atoms with Crippen molar-refractivity contribution >= 4 is 39.3 Å². The SMILES string of the molecule is CC(Sc1n[nH]c(-c2ccccc2Br)n1)C(=O)Nc1cccc(C(F)(F)F)c1. The van der Waals surface area contributed by atoms with E-state index in [1.165, 1.54) is 12.1 Å². The number of amides is 1. The van der Waals surface area contributed by atoms with Crippen LogP contribution >= 0.6 is 27.7 Å². The van der Waals surface area contributed by atoms with Crippen LogP contribution in [0.5, 0.6) is 0 Å². The molecule has 2 aromatic carbocycles. The van der Waals surface area contributed by atoms with Crippen LogP contribution in [0.3, 0.4) is 0 Å². The van der Waals surface area contributed by atoms with Crippen molar-refractivity contribution in [2.45, 2.75) is 23.5 Å². The molecule has 3 rings (SSSR count). The van der Waals surface area contributed by atoms with Gasteiger partial charge in [-0.1, -0.05) is 52.0 Å². The van der Waals surface area contributed by atoms with Crippen molar-refractivity contribution in [3.63, 3.8) is 0 Å². The van der Waals surface area contributed by atoms with Gasteiger partial charge in [0.15, 0.2) is 5.82 Å². The maximum atomic E-state index is 12.8. The quantitative estimate of drug-likeness (QED) is 0.491. The summed E-state index contributed by atoms with van der Waals surface area (Å²) in [5.74, 6) is 0.0945. The van der Waals surface area contributed by atoms with Gasteiger partial charge in [0.05, 0.1) is 10.8 Å². The Balaban J connectivity index is 1.66. The molecule has 1 unspecified atom stereocenters. The molecule has 0 aliphatic rings. The summed E-state index contributed by atoms with van der Waals surface area (Å²) in [7, 11) is 0. The first-order chi connectivity index (χ1) is 13.2. The predicted octanol–water partition coefficient (Wildman–Crippen LogP) is 5.37. The fourth-order valence-corrected chi connectivity index (χ4v) is 3.50. The maximum absolute atomic E-state index is 12.8. The third kappa shape index (κ3) is 4.93. The monoisotopic (exact) mass is 470 g/mol. The van der Waals surface area contributed by atoms with E-state index >= 15 is 0 Å². The number of nitrogens with zero attached hydrogens (tertiary/aromatic N) is 2. The second-order valence-corrected chi connectivity index (χ2v) is 7.94. The molecule has 2 N–H and O–H groups in total. The van der Waals surface area contributed by atoms with Crippen LogP contribution in [-0.4, -0.2) is 26.3 Å². The molecule has 0 bridgehead atoms. The number of aromatic nitrogens is 3. The number of nitrogens with one attached hydrogen (secondary N) is 2. The molecule has 5 nitrogen and oxygen atoms in total. The maximum Gasteiger partial charge on any atom is 0.416 e. The Morgan fingerprint density at radius 1 is 1.21 bits per heavy atom. The number of hydrogen-bond donors (Lipinski definition) is 2. The van der Waals surface area contributed by atoms with E-state index in [2.05, 4.69) is 36.4 Å². The van der Waals surface area contributed by atoms with Crippen molar-refractivity contribution < 1.29 is 18.0 Å². The minimum Gasteiger partial charge on any atom is -0.325 e. The third-order valence-corrected chi connectivity index (χ3v) is 5.36.